The van der Waals surface area contributed by atoms with Crippen LogP contribution in [0.15, 0.2) is 0 Å². The molecule has 0 aliphatic rings. The molecule has 0 amide bonds. The molecule has 0 aromatic carbocycles. The van der Waals surface area contributed by atoms with Crippen molar-refractivity contribution in [1.29, 1.82) is 0 Å². The minimum Gasteiger partial charge on any atom is -0.652 e. The monoisotopic (exact) mass is 806 g/mol. The molecule has 0 aliphatic carbocycles. The van der Waals surface area contributed by atoms with Crippen molar-refractivity contribution in [3.05, 3.63) is 0 Å². The standard InChI is InChI=1S/2C18H36O2.2CH2O3.3Ca/c2*1-2-3-4-5-6-7-8-9-10-11-12-13-14-15-16-17-18(19)20;2*2-1(3)4;;;/h2*2-17H2,1H3,(H,19,20);2*(H2,2,3,4);;;/q;;;;3*+2/p-6. The summed E-state index contributed by atoms with van der Waals surface area (Å²) in [4.78, 5) is 37.1. The Kier molecular flexibility index (Phi) is 83.1. The molecule has 0 fully saturated rings. The van der Waals surface area contributed by atoms with Crippen molar-refractivity contribution in [2.75, 3.05) is 0 Å². The Balaban J connectivity index is -0.000000119. The minimum absolute atomic E-state index is 0. The van der Waals surface area contributed by atoms with Gasteiger partial charge in [-0.2, -0.15) is 0 Å². The van der Waals surface area contributed by atoms with Crippen LogP contribution in [-0.4, -0.2) is 137 Å². The van der Waals surface area contributed by atoms with E-state index in [9.17, 15) is 19.8 Å². The molecule has 0 saturated carbocycles. The van der Waals surface area contributed by atoms with Crippen LogP contribution in [0.3, 0.4) is 0 Å². The largest absolute Gasteiger partial charge is 2.00 e. The molecule has 0 aliphatic heterocycles. The van der Waals surface area contributed by atoms with Gasteiger partial charge in [0.2, 0.25) is 0 Å². The molecule has 10 nitrogen and oxygen atoms in total. The number of carboxylic acids is 2. The molecule has 0 saturated heterocycles. The fraction of sp³-hybridized carbons (Fsp3) is 0.895. The van der Waals surface area contributed by atoms with E-state index in [-0.39, 0.29) is 126 Å². The van der Waals surface area contributed by atoms with Crippen LogP contribution in [0.1, 0.15) is 219 Å². The molecule has 0 radical (unpaired) electrons. The summed E-state index contributed by atoms with van der Waals surface area (Å²) in [6, 6.07) is 0. The maximum absolute atomic E-state index is 10.2. The maximum atomic E-state index is 10.2. The molecule has 0 heterocycles. The number of hydrogen-bond acceptors (Lipinski definition) is 10. The molecule has 0 bridgehead atoms. The summed E-state index contributed by atoms with van der Waals surface area (Å²) in [5.41, 5.74) is 0. The molecule has 0 aromatic rings. The number of unbranched alkanes of at least 4 members (excludes halogenated alkanes) is 28. The zero-order valence-electron chi connectivity index (χ0n) is 32.8. The van der Waals surface area contributed by atoms with Gasteiger partial charge in [0, 0.05) is 11.9 Å². The number of carbonyl (C=O) groups is 4. The van der Waals surface area contributed by atoms with Crippen molar-refractivity contribution in [3.63, 3.8) is 0 Å². The second-order valence-corrected chi connectivity index (χ2v) is 12.6. The van der Waals surface area contributed by atoms with Crippen LogP contribution in [0.25, 0.3) is 0 Å². The van der Waals surface area contributed by atoms with Crippen LogP contribution in [0.5, 0.6) is 0 Å². The Morgan fingerprint density at radius 1 is 0.275 bits per heavy atom. The molecule has 0 spiro atoms. The van der Waals surface area contributed by atoms with Crippen molar-refractivity contribution in [1.82, 2.24) is 0 Å². The van der Waals surface area contributed by atoms with Crippen molar-refractivity contribution in [2.45, 2.75) is 219 Å². The Morgan fingerprint density at radius 3 is 0.510 bits per heavy atom. The molecule has 0 unspecified atom stereocenters. The molecular formula is C38H70Ca3O10. The van der Waals surface area contributed by atoms with Crippen LogP contribution in [-0.2, 0) is 9.59 Å². The van der Waals surface area contributed by atoms with Gasteiger partial charge in [0.15, 0.2) is 0 Å². The quantitative estimate of drug-likeness (QED) is 0.0707. The summed E-state index contributed by atoms with van der Waals surface area (Å²) in [7, 11) is 0. The zero-order valence-corrected chi connectivity index (χ0v) is 39.5. The van der Waals surface area contributed by atoms with Gasteiger partial charge in [-0.15, -0.1) is 0 Å². The number of hydrogen-bond donors (Lipinski definition) is 0. The number of carbonyl (C=O) groups excluding carboxylic acids is 4. The van der Waals surface area contributed by atoms with Crippen molar-refractivity contribution >= 4 is 137 Å². The van der Waals surface area contributed by atoms with Crippen molar-refractivity contribution < 1.29 is 49.8 Å². The van der Waals surface area contributed by atoms with Gasteiger partial charge >= 0.3 is 113 Å². The molecule has 288 valence electrons. The molecule has 0 N–H and O–H groups in total. The summed E-state index contributed by atoms with van der Waals surface area (Å²) in [5.74, 6) is -1.81. The van der Waals surface area contributed by atoms with E-state index in [2.05, 4.69) is 13.8 Å². The summed E-state index contributed by atoms with van der Waals surface area (Å²) in [6.45, 7) is 4.53. The molecule has 0 aromatic heterocycles. The van der Waals surface area contributed by atoms with Gasteiger partial charge in [-0.05, 0) is 38.0 Å². The average molecular weight is 807 g/mol. The van der Waals surface area contributed by atoms with Crippen LogP contribution in [0.4, 0.5) is 9.59 Å². The predicted octanol–water partition coefficient (Wildman–Crippen LogP) is 3.96. The first-order valence-electron chi connectivity index (χ1n) is 19.2. The van der Waals surface area contributed by atoms with Crippen LogP contribution < -0.4 is 30.6 Å². The minimum atomic E-state index is -2.33. The van der Waals surface area contributed by atoms with Gasteiger partial charge < -0.3 is 49.8 Å². The Labute approximate surface area is 401 Å². The van der Waals surface area contributed by atoms with E-state index >= 15 is 0 Å². The van der Waals surface area contributed by atoms with Gasteiger partial charge in [0.1, 0.15) is 0 Å². The third kappa shape index (κ3) is 100. The molecule has 0 rings (SSSR count). The van der Waals surface area contributed by atoms with E-state index in [4.69, 9.17) is 30.0 Å². The van der Waals surface area contributed by atoms with Gasteiger partial charge in [0.25, 0.3) is 0 Å². The van der Waals surface area contributed by atoms with Gasteiger partial charge in [-0.3, -0.25) is 0 Å². The van der Waals surface area contributed by atoms with Gasteiger partial charge in [-0.25, -0.2) is 0 Å². The fourth-order valence-electron chi connectivity index (χ4n) is 5.28. The average Bonchev–Trinajstić information content (AvgIpc) is 3.00. The second kappa shape index (κ2) is 63.2. The van der Waals surface area contributed by atoms with E-state index in [0.29, 0.717) is 0 Å². The third-order valence-corrected chi connectivity index (χ3v) is 7.97. The first kappa shape index (κ1) is 67.0. The van der Waals surface area contributed by atoms with Crippen LogP contribution in [0.2, 0.25) is 0 Å². The van der Waals surface area contributed by atoms with Crippen molar-refractivity contribution in [2.24, 2.45) is 0 Å². The van der Waals surface area contributed by atoms with Gasteiger partial charge in [0.05, 0.1) is 0 Å². The van der Waals surface area contributed by atoms with E-state index in [0.717, 1.165) is 25.7 Å². The summed E-state index contributed by atoms with van der Waals surface area (Å²) in [6.07, 6.45) is 35.0. The van der Waals surface area contributed by atoms with Gasteiger partial charge in [-0.1, -0.05) is 194 Å². The summed E-state index contributed by atoms with van der Waals surface area (Å²) < 4.78 is 0. The topological polar surface area (TPSA) is 207 Å². The Bertz CT molecular complexity index is 622. The summed E-state index contributed by atoms with van der Waals surface area (Å²) >= 11 is 0. The number of rotatable bonds is 32. The number of carboxylic acid groups (broad SMARTS) is 6. The van der Waals surface area contributed by atoms with E-state index in [1.165, 1.54) is 167 Å². The van der Waals surface area contributed by atoms with E-state index in [1.54, 1.807) is 0 Å². The van der Waals surface area contributed by atoms with E-state index < -0.39 is 24.2 Å². The molecule has 13 heteroatoms. The fourth-order valence-corrected chi connectivity index (χ4v) is 5.28. The van der Waals surface area contributed by atoms with E-state index in [1.807, 2.05) is 0 Å². The first-order chi connectivity index (χ1) is 23.0. The smallest absolute Gasteiger partial charge is 0.652 e. The predicted molar refractivity (Wildman–Crippen MR) is 197 cm³/mol. The van der Waals surface area contributed by atoms with Crippen LogP contribution in [0, 0.1) is 0 Å². The number of aliphatic carboxylic acids is 2. The Morgan fingerprint density at radius 2 is 0.392 bits per heavy atom. The molecule has 51 heavy (non-hydrogen) atoms. The zero-order chi connectivity index (χ0) is 36.9. The maximum Gasteiger partial charge on any atom is 2.00 e. The molecule has 0 atom stereocenters. The second-order valence-electron chi connectivity index (χ2n) is 12.6. The Hall–Kier alpha value is 1.26. The normalized spacial score (nSPS) is 9.45. The van der Waals surface area contributed by atoms with Crippen molar-refractivity contribution in [3.8, 4) is 0 Å². The third-order valence-electron chi connectivity index (χ3n) is 7.97. The molecular weight excluding hydrogens is 737 g/mol. The van der Waals surface area contributed by atoms with Crippen LogP contribution >= 0.6 is 0 Å². The SMILES string of the molecule is CCCCCCCCCCCCCCCCCC(=O)[O-].CCCCCCCCCCCCCCCCCC(=O)[O-].O=C([O-])[O-].O=C([O-])[O-].[Ca+2].[Ca+2].[Ca+2]. The summed E-state index contributed by atoms with van der Waals surface area (Å²) in [5, 5.41) is 53.8. The first-order valence-corrected chi connectivity index (χ1v) is 19.2.